The maximum Gasteiger partial charge on any atom is 0.264 e. The van der Waals surface area contributed by atoms with Gasteiger partial charge in [-0.15, -0.1) is 5.10 Å². The average Bonchev–Trinajstić information content (AvgIpc) is 3.36. The summed E-state index contributed by atoms with van der Waals surface area (Å²) in [5, 5.41) is 4.53. The molecule has 5 heterocycles. The molecule has 0 atom stereocenters. The van der Waals surface area contributed by atoms with Gasteiger partial charge in [-0.3, -0.25) is 14.1 Å². The van der Waals surface area contributed by atoms with Gasteiger partial charge in [0.05, 0.1) is 37.2 Å². The molecule has 0 unspecified atom stereocenters. The van der Waals surface area contributed by atoms with Crippen LogP contribution < -0.4 is 5.48 Å². The molecule has 10 nitrogen and oxygen atoms in total. The van der Waals surface area contributed by atoms with Gasteiger partial charge in [0.1, 0.15) is 0 Å². The highest BCUT2D eigenvalue weighted by atomic mass is 16.7. The molecule has 31 heavy (non-hydrogen) atoms. The third kappa shape index (κ3) is 3.42. The van der Waals surface area contributed by atoms with Gasteiger partial charge in [0.2, 0.25) is 5.78 Å². The first-order chi connectivity index (χ1) is 15.2. The number of nitrogens with zero attached hydrogens (tertiary/aromatic N) is 7. The van der Waals surface area contributed by atoms with Crippen molar-refractivity contribution in [1.29, 1.82) is 0 Å². The molecule has 1 aliphatic carbocycles. The highest BCUT2D eigenvalue weighted by molar-refractivity contribution is 5.79. The average molecular weight is 420 g/mol. The fraction of sp³-hybridized carbons (Fsp3) is 0.429. The molecular weight excluding hydrogens is 396 g/mol. The van der Waals surface area contributed by atoms with Crippen molar-refractivity contribution in [3.05, 3.63) is 42.7 Å². The Balaban J connectivity index is 1.13. The monoisotopic (exact) mass is 420 g/mol. The number of imidazole rings is 1. The van der Waals surface area contributed by atoms with Crippen molar-refractivity contribution in [3.8, 4) is 11.1 Å². The number of fused-ring (bicyclic) bond motifs is 2. The number of anilines is 1. The summed E-state index contributed by atoms with van der Waals surface area (Å²) in [5.41, 5.74) is 6.88. The van der Waals surface area contributed by atoms with Gasteiger partial charge < -0.3 is 4.74 Å². The number of ether oxygens (including phenoxy) is 1. The quantitative estimate of drug-likeness (QED) is 0.490. The van der Waals surface area contributed by atoms with Crippen molar-refractivity contribution >= 4 is 17.2 Å². The van der Waals surface area contributed by atoms with E-state index in [1.165, 1.54) is 0 Å². The predicted molar refractivity (Wildman–Crippen MR) is 114 cm³/mol. The maximum atomic E-state index is 5.81. The molecule has 6 rings (SSSR count). The van der Waals surface area contributed by atoms with Crippen molar-refractivity contribution in [3.63, 3.8) is 0 Å². The van der Waals surface area contributed by atoms with Gasteiger partial charge in [-0.1, -0.05) is 0 Å². The van der Waals surface area contributed by atoms with E-state index in [-0.39, 0.29) is 6.10 Å². The molecule has 0 radical (unpaired) electrons. The molecule has 1 aliphatic heterocycles. The van der Waals surface area contributed by atoms with E-state index in [9.17, 15) is 0 Å². The third-order valence-corrected chi connectivity index (χ3v) is 6.23. The van der Waals surface area contributed by atoms with Gasteiger partial charge in [-0.05, 0) is 25.8 Å². The molecule has 1 N–H and O–H groups in total. The number of morpholine rings is 1. The van der Waals surface area contributed by atoms with Crippen molar-refractivity contribution in [1.82, 2.24) is 33.9 Å². The number of rotatable bonds is 5. The fourth-order valence-electron chi connectivity index (χ4n) is 4.33. The van der Waals surface area contributed by atoms with Crippen LogP contribution >= 0.6 is 0 Å². The number of aromatic nitrogens is 6. The van der Waals surface area contributed by atoms with Crippen molar-refractivity contribution < 1.29 is 9.57 Å². The van der Waals surface area contributed by atoms with Gasteiger partial charge in [-0.25, -0.2) is 24.9 Å². The molecular formula is C21H24N8O2. The summed E-state index contributed by atoms with van der Waals surface area (Å²) >= 11 is 0. The van der Waals surface area contributed by atoms with Gasteiger partial charge in [0.15, 0.2) is 0 Å². The number of hydrogen-bond donors (Lipinski definition) is 1. The van der Waals surface area contributed by atoms with E-state index >= 15 is 0 Å². The van der Waals surface area contributed by atoms with Crippen LogP contribution in [-0.2, 0) is 9.57 Å². The molecule has 4 aromatic heterocycles. The lowest BCUT2D eigenvalue weighted by atomic mass is 9.88. The largest absolute Gasteiger partial charge is 0.379 e. The smallest absolute Gasteiger partial charge is 0.264 e. The van der Waals surface area contributed by atoms with Crippen LogP contribution in [0.3, 0.4) is 0 Å². The van der Waals surface area contributed by atoms with Gasteiger partial charge in [0.25, 0.3) is 5.95 Å². The topological polar surface area (TPSA) is 94.1 Å². The molecule has 10 heteroatoms. The summed E-state index contributed by atoms with van der Waals surface area (Å²) in [7, 11) is 0. The van der Waals surface area contributed by atoms with Crippen LogP contribution in [0.1, 0.15) is 18.5 Å². The van der Waals surface area contributed by atoms with Crippen LogP contribution in [0, 0.1) is 6.92 Å². The minimum Gasteiger partial charge on any atom is -0.379 e. The Hall–Kier alpha value is -3.08. The number of hydrogen-bond acceptors (Lipinski definition) is 8. The number of aryl methyl sites for hydroxylation is 1. The van der Waals surface area contributed by atoms with E-state index in [4.69, 9.17) is 9.57 Å². The van der Waals surface area contributed by atoms with E-state index in [2.05, 4.69) is 30.4 Å². The summed E-state index contributed by atoms with van der Waals surface area (Å²) in [4.78, 5) is 21.5. The Kier molecular flexibility index (Phi) is 4.55. The summed E-state index contributed by atoms with van der Waals surface area (Å²) in [5.74, 6) is 1.14. The Labute approximate surface area is 178 Å². The summed E-state index contributed by atoms with van der Waals surface area (Å²) in [6.45, 7) is 5.71. The third-order valence-electron chi connectivity index (χ3n) is 6.23. The maximum absolute atomic E-state index is 5.81. The molecule has 160 valence electrons. The fourth-order valence-corrected chi connectivity index (χ4v) is 4.33. The van der Waals surface area contributed by atoms with Crippen LogP contribution in [0.4, 0.5) is 5.95 Å². The number of nitrogens with one attached hydrogen (secondary N) is 1. The Morgan fingerprint density at radius 1 is 1.10 bits per heavy atom. The predicted octanol–water partition coefficient (Wildman–Crippen LogP) is 1.95. The normalized spacial score (nSPS) is 22.1. The standard InChI is InChI=1S/C21H24N8O2/c1-14-10-23-21-24-11-15(13-28(14)21)18-2-3-29-19(18)12-22-20(25-29)26-31-17-8-16(9-17)27-4-6-30-7-5-27/h2-3,10-13,16-17H,4-9H2,1H3,(H,25,26). The first-order valence-corrected chi connectivity index (χ1v) is 10.6. The van der Waals surface area contributed by atoms with Crippen LogP contribution in [0.5, 0.6) is 0 Å². The zero-order chi connectivity index (χ0) is 20.8. The van der Waals surface area contributed by atoms with E-state index in [0.717, 1.165) is 61.5 Å². The lowest BCUT2D eigenvalue weighted by molar-refractivity contribution is -0.0608. The molecule has 0 aromatic carbocycles. The minimum atomic E-state index is 0.184. The zero-order valence-electron chi connectivity index (χ0n) is 17.3. The summed E-state index contributed by atoms with van der Waals surface area (Å²) in [6, 6.07) is 2.61. The lowest BCUT2D eigenvalue weighted by Gasteiger charge is -2.43. The van der Waals surface area contributed by atoms with Gasteiger partial charge >= 0.3 is 0 Å². The van der Waals surface area contributed by atoms with Crippen LogP contribution in [0.2, 0.25) is 0 Å². The van der Waals surface area contributed by atoms with Crippen molar-refractivity contribution in [2.75, 3.05) is 31.8 Å². The Bertz CT molecular complexity index is 1220. The van der Waals surface area contributed by atoms with Crippen LogP contribution in [-0.4, -0.2) is 72.3 Å². The first-order valence-electron chi connectivity index (χ1n) is 10.6. The summed E-state index contributed by atoms with van der Waals surface area (Å²) < 4.78 is 9.20. The highest BCUT2D eigenvalue weighted by Crippen LogP contribution is 2.29. The molecule has 0 amide bonds. The van der Waals surface area contributed by atoms with Crippen molar-refractivity contribution in [2.45, 2.75) is 31.9 Å². The first kappa shape index (κ1) is 18.7. The Morgan fingerprint density at radius 3 is 2.81 bits per heavy atom. The molecule has 4 aromatic rings. The zero-order valence-corrected chi connectivity index (χ0v) is 17.3. The molecule has 1 saturated carbocycles. The summed E-state index contributed by atoms with van der Waals surface area (Å²) in [6.07, 6.45) is 11.6. The van der Waals surface area contributed by atoms with E-state index in [0.29, 0.717) is 17.8 Å². The van der Waals surface area contributed by atoms with Crippen molar-refractivity contribution in [2.24, 2.45) is 0 Å². The molecule has 0 bridgehead atoms. The second-order valence-corrected chi connectivity index (χ2v) is 8.17. The highest BCUT2D eigenvalue weighted by Gasteiger charge is 2.35. The van der Waals surface area contributed by atoms with Gasteiger partial charge in [0, 0.05) is 54.5 Å². The lowest BCUT2D eigenvalue weighted by Crippen LogP contribution is -2.52. The Morgan fingerprint density at radius 2 is 1.94 bits per heavy atom. The second-order valence-electron chi connectivity index (χ2n) is 8.17. The van der Waals surface area contributed by atoms with E-state index in [1.807, 2.05) is 42.2 Å². The van der Waals surface area contributed by atoms with Crippen LogP contribution in [0.25, 0.3) is 22.4 Å². The minimum absolute atomic E-state index is 0.184. The molecule has 2 fully saturated rings. The molecule has 0 spiro atoms. The van der Waals surface area contributed by atoms with E-state index in [1.54, 1.807) is 10.7 Å². The van der Waals surface area contributed by atoms with E-state index < -0.39 is 0 Å². The van der Waals surface area contributed by atoms with Gasteiger partial charge in [-0.2, -0.15) is 0 Å². The second kappa shape index (κ2) is 7.56. The molecule has 2 aliphatic rings. The molecule has 1 saturated heterocycles. The van der Waals surface area contributed by atoms with Crippen LogP contribution in [0.15, 0.2) is 37.1 Å². The SMILES string of the molecule is Cc1cnc2ncc(-c3ccn4nc(NOC5CC(N6CCOCC6)C5)ncc34)cn12.